The number of carbonyl (C=O) groups excluding carboxylic acids is 1. The van der Waals surface area contributed by atoms with Crippen LogP contribution in [0.2, 0.25) is 0 Å². The molecule has 1 heterocycles. The van der Waals surface area contributed by atoms with E-state index in [1.165, 1.54) is 0 Å². The maximum absolute atomic E-state index is 11.9. The van der Waals surface area contributed by atoms with E-state index >= 15 is 0 Å². The van der Waals surface area contributed by atoms with Gasteiger partial charge in [0.15, 0.2) is 5.96 Å². The Kier molecular flexibility index (Phi) is 11.3. The van der Waals surface area contributed by atoms with Crippen molar-refractivity contribution >= 4 is 36.0 Å². The molecule has 0 aliphatic heterocycles. The minimum atomic E-state index is -0.485. The van der Waals surface area contributed by atoms with Gasteiger partial charge in [-0.2, -0.15) is 0 Å². The highest BCUT2D eigenvalue weighted by molar-refractivity contribution is 14.0. The van der Waals surface area contributed by atoms with Crippen molar-refractivity contribution in [3.8, 4) is 0 Å². The van der Waals surface area contributed by atoms with Gasteiger partial charge in [-0.1, -0.05) is 0 Å². The van der Waals surface area contributed by atoms with E-state index < -0.39 is 5.60 Å². The van der Waals surface area contributed by atoms with Crippen molar-refractivity contribution < 1.29 is 13.9 Å². The Labute approximate surface area is 167 Å². The van der Waals surface area contributed by atoms with Gasteiger partial charge in [-0.3, -0.25) is 4.99 Å². The van der Waals surface area contributed by atoms with Crippen LogP contribution in [-0.4, -0.2) is 55.8 Å². The van der Waals surface area contributed by atoms with Gasteiger partial charge in [0.1, 0.15) is 11.4 Å². The number of halogens is 1. The van der Waals surface area contributed by atoms with Crippen molar-refractivity contribution in [3.05, 3.63) is 24.2 Å². The van der Waals surface area contributed by atoms with Crippen LogP contribution in [0.25, 0.3) is 0 Å². The van der Waals surface area contributed by atoms with E-state index in [-0.39, 0.29) is 30.1 Å². The number of carbonyl (C=O) groups is 1. The summed E-state index contributed by atoms with van der Waals surface area (Å²) >= 11 is 0. The molecule has 0 bridgehead atoms. The minimum absolute atomic E-state index is 0. The second-order valence-electron chi connectivity index (χ2n) is 6.42. The van der Waals surface area contributed by atoms with Crippen LogP contribution in [0.5, 0.6) is 0 Å². The fraction of sp³-hybridized carbons (Fsp3) is 0.647. The lowest BCUT2D eigenvalue weighted by Gasteiger charge is -2.24. The summed E-state index contributed by atoms with van der Waals surface area (Å²) in [6.07, 6.45) is 2.08. The minimum Gasteiger partial charge on any atom is -0.469 e. The first-order valence-corrected chi connectivity index (χ1v) is 8.30. The fourth-order valence-corrected chi connectivity index (χ4v) is 1.85. The Balaban J connectivity index is 0.00000576. The van der Waals surface area contributed by atoms with E-state index in [1.807, 2.05) is 39.8 Å². The number of hydrogen-bond acceptors (Lipinski definition) is 4. The fourth-order valence-electron chi connectivity index (χ4n) is 1.85. The lowest BCUT2D eigenvalue weighted by molar-refractivity contribution is 0.0302. The van der Waals surface area contributed by atoms with Crippen LogP contribution in [0.15, 0.2) is 27.8 Å². The molecule has 0 saturated heterocycles. The molecule has 0 atom stereocenters. The monoisotopic (exact) mass is 466 g/mol. The highest BCUT2D eigenvalue weighted by atomic mass is 127. The lowest BCUT2D eigenvalue weighted by atomic mass is 10.2. The SMILES string of the molecule is CCNC(=NCCc1ccco1)NCCN(C)C(=O)OC(C)(C)C.I. The molecule has 8 heteroatoms. The van der Waals surface area contributed by atoms with E-state index in [4.69, 9.17) is 9.15 Å². The third-order valence-electron chi connectivity index (χ3n) is 3.00. The number of nitrogens with one attached hydrogen (secondary N) is 2. The highest BCUT2D eigenvalue weighted by Crippen LogP contribution is 2.08. The van der Waals surface area contributed by atoms with Gasteiger partial charge in [0, 0.05) is 39.6 Å². The number of likely N-dealkylation sites (N-methyl/N-ethyl adjacent to an activating group) is 1. The van der Waals surface area contributed by atoms with Gasteiger partial charge < -0.3 is 24.7 Å². The summed E-state index contributed by atoms with van der Waals surface area (Å²) in [5.74, 6) is 1.64. The Morgan fingerprint density at radius 1 is 1.36 bits per heavy atom. The predicted octanol–water partition coefficient (Wildman–Crippen LogP) is 2.86. The zero-order valence-corrected chi connectivity index (χ0v) is 18.1. The molecule has 0 aliphatic rings. The van der Waals surface area contributed by atoms with E-state index in [2.05, 4.69) is 15.6 Å². The van der Waals surface area contributed by atoms with Crippen LogP contribution in [-0.2, 0) is 11.2 Å². The van der Waals surface area contributed by atoms with Gasteiger partial charge in [0.2, 0.25) is 0 Å². The highest BCUT2D eigenvalue weighted by Gasteiger charge is 2.19. The van der Waals surface area contributed by atoms with Crippen LogP contribution in [0.3, 0.4) is 0 Å². The van der Waals surface area contributed by atoms with Crippen LogP contribution in [0.1, 0.15) is 33.5 Å². The summed E-state index contributed by atoms with van der Waals surface area (Å²) in [6, 6.07) is 3.81. The van der Waals surface area contributed by atoms with Crippen molar-refractivity contribution in [1.29, 1.82) is 0 Å². The molecule has 0 radical (unpaired) electrons. The third kappa shape index (κ3) is 10.9. The van der Waals surface area contributed by atoms with Crippen LogP contribution >= 0.6 is 24.0 Å². The van der Waals surface area contributed by atoms with E-state index in [0.717, 1.165) is 24.7 Å². The van der Waals surface area contributed by atoms with Gasteiger partial charge in [-0.25, -0.2) is 4.79 Å². The number of hydrogen-bond donors (Lipinski definition) is 2. The molecule has 0 spiro atoms. The first-order chi connectivity index (χ1) is 11.3. The van der Waals surface area contributed by atoms with Crippen LogP contribution in [0, 0.1) is 0 Å². The maximum Gasteiger partial charge on any atom is 0.410 e. The standard InChI is InChI=1S/C17H30N4O3.HI/c1-6-18-15(19-10-9-14-8-7-13-23-14)20-11-12-21(5)16(22)24-17(2,3)4;/h7-8,13H,6,9-12H2,1-5H3,(H2,18,19,20);1H. The summed E-state index contributed by atoms with van der Waals surface area (Å²) in [4.78, 5) is 17.9. The Hall–Kier alpha value is -1.45. The molecule has 0 aliphatic carbocycles. The summed E-state index contributed by atoms with van der Waals surface area (Å²) < 4.78 is 10.6. The van der Waals surface area contributed by atoms with Crippen LogP contribution in [0.4, 0.5) is 4.79 Å². The number of aliphatic imine (C=N–C) groups is 1. The number of rotatable bonds is 7. The maximum atomic E-state index is 11.9. The summed E-state index contributed by atoms with van der Waals surface area (Å²) in [5, 5.41) is 6.39. The van der Waals surface area contributed by atoms with Crippen molar-refractivity contribution in [2.45, 2.75) is 39.7 Å². The van der Waals surface area contributed by atoms with Gasteiger partial charge in [0.25, 0.3) is 0 Å². The molecule has 2 N–H and O–H groups in total. The van der Waals surface area contributed by atoms with E-state index in [1.54, 1.807) is 18.2 Å². The topological polar surface area (TPSA) is 79.1 Å². The zero-order chi connectivity index (χ0) is 18.0. The summed E-state index contributed by atoms with van der Waals surface area (Å²) in [7, 11) is 1.72. The normalized spacial score (nSPS) is 11.5. The predicted molar refractivity (Wildman–Crippen MR) is 111 cm³/mol. The second-order valence-corrected chi connectivity index (χ2v) is 6.42. The third-order valence-corrected chi connectivity index (χ3v) is 3.00. The van der Waals surface area contributed by atoms with Crippen molar-refractivity contribution in [1.82, 2.24) is 15.5 Å². The Morgan fingerprint density at radius 2 is 2.08 bits per heavy atom. The molecule has 0 saturated carbocycles. The number of furan rings is 1. The molecule has 1 aromatic rings. The van der Waals surface area contributed by atoms with Gasteiger partial charge >= 0.3 is 6.09 Å². The smallest absolute Gasteiger partial charge is 0.410 e. The summed E-state index contributed by atoms with van der Waals surface area (Å²) in [5.41, 5.74) is -0.485. The lowest BCUT2D eigenvalue weighted by Crippen LogP contribution is -2.43. The molecule has 1 rings (SSSR count). The second kappa shape index (κ2) is 12.0. The quantitative estimate of drug-likeness (QED) is 0.367. The average molecular weight is 466 g/mol. The van der Waals surface area contributed by atoms with Crippen molar-refractivity contribution in [2.75, 3.05) is 33.2 Å². The summed E-state index contributed by atoms with van der Waals surface area (Å²) in [6.45, 7) is 10.1. The van der Waals surface area contributed by atoms with E-state index in [9.17, 15) is 4.79 Å². The zero-order valence-electron chi connectivity index (χ0n) is 15.8. The van der Waals surface area contributed by atoms with Gasteiger partial charge in [0.05, 0.1) is 6.26 Å². The molecule has 0 unspecified atom stereocenters. The first kappa shape index (κ1) is 23.5. The number of amides is 1. The molecule has 1 amide bonds. The number of guanidine groups is 1. The first-order valence-electron chi connectivity index (χ1n) is 8.30. The number of nitrogens with zero attached hydrogens (tertiary/aromatic N) is 2. The van der Waals surface area contributed by atoms with Crippen molar-refractivity contribution in [3.63, 3.8) is 0 Å². The molecule has 144 valence electrons. The molecule has 0 fully saturated rings. The van der Waals surface area contributed by atoms with Gasteiger partial charge in [-0.15, -0.1) is 24.0 Å². The van der Waals surface area contributed by atoms with Crippen molar-refractivity contribution in [2.24, 2.45) is 4.99 Å². The largest absolute Gasteiger partial charge is 0.469 e. The Bertz CT molecular complexity index is 512. The molecular weight excluding hydrogens is 435 g/mol. The molecule has 25 heavy (non-hydrogen) atoms. The molecule has 7 nitrogen and oxygen atoms in total. The van der Waals surface area contributed by atoms with Gasteiger partial charge in [-0.05, 0) is 39.8 Å². The molecular formula is C17H31IN4O3. The average Bonchev–Trinajstić information content (AvgIpc) is 2.98. The van der Waals surface area contributed by atoms with E-state index in [0.29, 0.717) is 19.6 Å². The Morgan fingerprint density at radius 3 is 2.64 bits per heavy atom. The molecule has 0 aromatic carbocycles. The number of ether oxygens (including phenoxy) is 1. The molecule has 1 aromatic heterocycles. The van der Waals surface area contributed by atoms with Crippen LogP contribution < -0.4 is 10.6 Å².